The van der Waals surface area contributed by atoms with E-state index in [0.29, 0.717) is 21.8 Å². The molecule has 0 aliphatic rings. The van der Waals surface area contributed by atoms with Gasteiger partial charge in [0, 0.05) is 27.4 Å². The van der Waals surface area contributed by atoms with E-state index in [0.717, 1.165) is 0 Å². The molecule has 0 aliphatic carbocycles. The van der Waals surface area contributed by atoms with Gasteiger partial charge in [0.15, 0.2) is 5.11 Å². The Balaban J connectivity index is 2.00. The summed E-state index contributed by atoms with van der Waals surface area (Å²) in [6.45, 7) is 5.73. The summed E-state index contributed by atoms with van der Waals surface area (Å²) in [5.74, 6) is -0.530. The fraction of sp³-hybridized carbons (Fsp3) is 0.211. The number of halogens is 1. The standard InChI is InChI=1S/C19H20ClN3O2S/c1-19(2,3)23-17(25)13-5-4-6-15(11-13)21-18(26)22-16(24)12-7-9-14(20)10-8-12/h4-11H,1-3H3,(H,23,25)(H2,21,22,24,26). The van der Waals surface area contributed by atoms with Gasteiger partial charge < -0.3 is 10.6 Å². The van der Waals surface area contributed by atoms with Crippen molar-refractivity contribution in [2.24, 2.45) is 0 Å². The van der Waals surface area contributed by atoms with Crippen LogP contribution in [0, 0.1) is 0 Å². The monoisotopic (exact) mass is 389 g/mol. The van der Waals surface area contributed by atoms with Crippen LogP contribution in [0.2, 0.25) is 5.02 Å². The number of carbonyl (C=O) groups excluding carboxylic acids is 2. The van der Waals surface area contributed by atoms with Crippen LogP contribution in [0.3, 0.4) is 0 Å². The van der Waals surface area contributed by atoms with E-state index in [1.165, 1.54) is 0 Å². The highest BCUT2D eigenvalue weighted by Gasteiger charge is 2.15. The zero-order valence-corrected chi connectivity index (χ0v) is 16.3. The van der Waals surface area contributed by atoms with Gasteiger partial charge in [-0.05, 0) is 75.5 Å². The molecule has 0 unspecified atom stereocenters. The molecule has 0 spiro atoms. The number of carbonyl (C=O) groups is 2. The fourth-order valence-electron chi connectivity index (χ4n) is 2.09. The lowest BCUT2D eigenvalue weighted by Crippen LogP contribution is -2.40. The number of thiocarbonyl (C=S) groups is 1. The van der Waals surface area contributed by atoms with Gasteiger partial charge in [0.25, 0.3) is 11.8 Å². The van der Waals surface area contributed by atoms with Crippen LogP contribution in [0.4, 0.5) is 5.69 Å². The summed E-state index contributed by atoms with van der Waals surface area (Å²) in [5, 5.41) is 9.07. The number of nitrogens with one attached hydrogen (secondary N) is 3. The number of rotatable bonds is 3. The third kappa shape index (κ3) is 6.13. The smallest absolute Gasteiger partial charge is 0.257 e. The molecule has 0 aromatic heterocycles. The molecule has 0 fully saturated rings. The van der Waals surface area contributed by atoms with Crippen molar-refractivity contribution in [2.75, 3.05) is 5.32 Å². The topological polar surface area (TPSA) is 70.2 Å². The molecular weight excluding hydrogens is 370 g/mol. The van der Waals surface area contributed by atoms with Crippen molar-refractivity contribution in [1.82, 2.24) is 10.6 Å². The molecule has 136 valence electrons. The van der Waals surface area contributed by atoms with Gasteiger partial charge in [0.05, 0.1) is 0 Å². The van der Waals surface area contributed by atoms with E-state index in [-0.39, 0.29) is 22.5 Å². The Hall–Kier alpha value is -2.44. The zero-order chi connectivity index (χ0) is 19.3. The van der Waals surface area contributed by atoms with Crippen LogP contribution in [0.15, 0.2) is 48.5 Å². The Morgan fingerprint density at radius 1 is 0.962 bits per heavy atom. The van der Waals surface area contributed by atoms with Crippen molar-refractivity contribution in [3.8, 4) is 0 Å². The van der Waals surface area contributed by atoms with Crippen LogP contribution in [0.5, 0.6) is 0 Å². The van der Waals surface area contributed by atoms with E-state index in [4.69, 9.17) is 23.8 Å². The average Bonchev–Trinajstić information content (AvgIpc) is 2.54. The van der Waals surface area contributed by atoms with Crippen molar-refractivity contribution in [3.05, 3.63) is 64.7 Å². The highest BCUT2D eigenvalue weighted by molar-refractivity contribution is 7.80. The molecule has 0 aliphatic heterocycles. The summed E-state index contributed by atoms with van der Waals surface area (Å²) >= 11 is 11.0. The van der Waals surface area contributed by atoms with Gasteiger partial charge in [0.1, 0.15) is 0 Å². The maximum atomic E-state index is 12.2. The third-order valence-electron chi connectivity index (χ3n) is 3.20. The number of benzene rings is 2. The maximum absolute atomic E-state index is 12.2. The molecule has 7 heteroatoms. The Morgan fingerprint density at radius 2 is 1.62 bits per heavy atom. The normalized spacial score (nSPS) is 10.8. The summed E-state index contributed by atoms with van der Waals surface area (Å²) in [4.78, 5) is 24.4. The van der Waals surface area contributed by atoms with Crippen molar-refractivity contribution in [2.45, 2.75) is 26.3 Å². The van der Waals surface area contributed by atoms with E-state index in [9.17, 15) is 9.59 Å². The van der Waals surface area contributed by atoms with Crippen LogP contribution in [-0.4, -0.2) is 22.5 Å². The lowest BCUT2D eigenvalue weighted by atomic mass is 10.1. The Kier molecular flexibility index (Phi) is 6.34. The third-order valence-corrected chi connectivity index (χ3v) is 3.66. The van der Waals surface area contributed by atoms with Crippen LogP contribution >= 0.6 is 23.8 Å². The number of amides is 2. The van der Waals surface area contributed by atoms with Gasteiger partial charge >= 0.3 is 0 Å². The van der Waals surface area contributed by atoms with Gasteiger partial charge in [-0.15, -0.1) is 0 Å². The largest absolute Gasteiger partial charge is 0.347 e. The van der Waals surface area contributed by atoms with Crippen molar-refractivity contribution < 1.29 is 9.59 Å². The first-order chi connectivity index (χ1) is 12.1. The molecule has 0 atom stereocenters. The van der Waals surface area contributed by atoms with E-state index in [2.05, 4.69) is 16.0 Å². The van der Waals surface area contributed by atoms with Gasteiger partial charge in [0.2, 0.25) is 0 Å². The van der Waals surface area contributed by atoms with Gasteiger partial charge in [-0.3, -0.25) is 14.9 Å². The number of hydrogen-bond donors (Lipinski definition) is 3. The van der Waals surface area contributed by atoms with Gasteiger partial charge in [-0.2, -0.15) is 0 Å². The highest BCUT2D eigenvalue weighted by atomic mass is 35.5. The Labute approximate surface area is 163 Å². The molecule has 2 aromatic carbocycles. The van der Waals surface area contributed by atoms with Crippen molar-refractivity contribution >= 4 is 46.4 Å². The molecule has 0 saturated heterocycles. The highest BCUT2D eigenvalue weighted by Crippen LogP contribution is 2.13. The molecule has 3 N–H and O–H groups in total. The number of hydrogen-bond acceptors (Lipinski definition) is 3. The maximum Gasteiger partial charge on any atom is 0.257 e. The van der Waals surface area contributed by atoms with E-state index in [1.54, 1.807) is 48.5 Å². The van der Waals surface area contributed by atoms with Crippen molar-refractivity contribution in [1.29, 1.82) is 0 Å². The first-order valence-corrected chi connectivity index (χ1v) is 8.73. The number of anilines is 1. The molecule has 2 aromatic rings. The average molecular weight is 390 g/mol. The Bertz CT molecular complexity index is 829. The molecule has 5 nitrogen and oxygen atoms in total. The lowest BCUT2D eigenvalue weighted by molar-refractivity contribution is 0.0918. The molecular formula is C19H20ClN3O2S. The fourth-order valence-corrected chi connectivity index (χ4v) is 2.43. The second kappa shape index (κ2) is 8.29. The summed E-state index contributed by atoms with van der Waals surface area (Å²) in [5.41, 5.74) is 1.21. The second-order valence-electron chi connectivity index (χ2n) is 6.70. The minimum Gasteiger partial charge on any atom is -0.347 e. The molecule has 0 saturated carbocycles. The van der Waals surface area contributed by atoms with E-state index in [1.807, 2.05) is 20.8 Å². The quantitative estimate of drug-likeness (QED) is 0.694. The molecule has 0 heterocycles. The van der Waals surface area contributed by atoms with E-state index < -0.39 is 0 Å². The second-order valence-corrected chi connectivity index (χ2v) is 7.54. The predicted octanol–water partition coefficient (Wildman–Crippen LogP) is 4.00. The Morgan fingerprint density at radius 3 is 2.23 bits per heavy atom. The van der Waals surface area contributed by atoms with E-state index >= 15 is 0 Å². The van der Waals surface area contributed by atoms with Crippen LogP contribution in [0.1, 0.15) is 41.5 Å². The van der Waals surface area contributed by atoms with Gasteiger partial charge in [-0.1, -0.05) is 17.7 Å². The molecule has 2 rings (SSSR count). The summed E-state index contributed by atoms with van der Waals surface area (Å²) < 4.78 is 0. The SMILES string of the molecule is CC(C)(C)NC(=O)c1cccc(NC(=S)NC(=O)c2ccc(Cl)cc2)c1. The first kappa shape index (κ1) is 19.9. The summed E-state index contributed by atoms with van der Waals surface area (Å²) in [7, 11) is 0. The molecule has 26 heavy (non-hydrogen) atoms. The van der Waals surface area contributed by atoms with Crippen LogP contribution < -0.4 is 16.0 Å². The summed E-state index contributed by atoms with van der Waals surface area (Å²) in [6.07, 6.45) is 0. The van der Waals surface area contributed by atoms with Crippen LogP contribution in [0.25, 0.3) is 0 Å². The van der Waals surface area contributed by atoms with Crippen molar-refractivity contribution in [3.63, 3.8) is 0 Å². The minimum atomic E-state index is -0.346. The van der Waals surface area contributed by atoms with Gasteiger partial charge in [-0.25, -0.2) is 0 Å². The molecule has 0 radical (unpaired) electrons. The molecule has 2 amide bonds. The zero-order valence-electron chi connectivity index (χ0n) is 14.7. The first-order valence-electron chi connectivity index (χ1n) is 7.94. The lowest BCUT2D eigenvalue weighted by Gasteiger charge is -2.20. The summed E-state index contributed by atoms with van der Waals surface area (Å²) in [6, 6.07) is 13.4. The predicted molar refractivity (Wildman–Crippen MR) is 109 cm³/mol. The van der Waals surface area contributed by atoms with Crippen LogP contribution in [-0.2, 0) is 0 Å². The minimum absolute atomic E-state index is 0.137. The molecule has 0 bridgehead atoms.